The summed E-state index contributed by atoms with van der Waals surface area (Å²) in [7, 11) is 1.74. The molecule has 122 valence electrons. The van der Waals surface area contributed by atoms with Gasteiger partial charge in [-0.15, -0.1) is 0 Å². The minimum Gasteiger partial charge on any atom is -0.348 e. The van der Waals surface area contributed by atoms with Crippen LogP contribution in [0.4, 0.5) is 10.5 Å². The van der Waals surface area contributed by atoms with Crippen molar-refractivity contribution in [1.29, 1.82) is 0 Å². The number of urea groups is 1. The van der Waals surface area contributed by atoms with E-state index in [4.69, 9.17) is 9.47 Å². The fourth-order valence-electron chi connectivity index (χ4n) is 2.43. The molecule has 1 aliphatic heterocycles. The highest BCUT2D eigenvalue weighted by Crippen LogP contribution is 2.18. The molecular formula is C17H26N2O3. The van der Waals surface area contributed by atoms with Crippen LogP contribution in [0.2, 0.25) is 0 Å². The molecule has 1 aromatic rings. The summed E-state index contributed by atoms with van der Waals surface area (Å²) < 4.78 is 10.7. The molecule has 1 heterocycles. The highest BCUT2D eigenvalue weighted by molar-refractivity contribution is 5.90. The standard InChI is InChI=1S/C17H26N2O3/c1-4-5-6-14-7-8-15(13(2)11-14)18-17(20)19(3)12-16-21-9-10-22-16/h7-8,11,16H,4-6,9-10,12H2,1-3H3,(H,18,20). The summed E-state index contributed by atoms with van der Waals surface area (Å²) in [5.41, 5.74) is 3.26. The number of aryl methyl sites for hydroxylation is 2. The maximum atomic E-state index is 12.2. The molecule has 5 heteroatoms. The Morgan fingerprint density at radius 2 is 2.09 bits per heavy atom. The smallest absolute Gasteiger partial charge is 0.321 e. The van der Waals surface area contributed by atoms with Crippen LogP contribution < -0.4 is 5.32 Å². The van der Waals surface area contributed by atoms with Crippen LogP contribution in [0, 0.1) is 6.92 Å². The molecule has 1 fully saturated rings. The Morgan fingerprint density at radius 1 is 1.36 bits per heavy atom. The number of nitrogens with one attached hydrogen (secondary N) is 1. The zero-order valence-electron chi connectivity index (χ0n) is 13.7. The van der Waals surface area contributed by atoms with Crippen molar-refractivity contribution in [1.82, 2.24) is 4.90 Å². The zero-order valence-corrected chi connectivity index (χ0v) is 13.7. The number of hydrogen-bond acceptors (Lipinski definition) is 3. The van der Waals surface area contributed by atoms with Crippen LogP contribution in [0.25, 0.3) is 0 Å². The summed E-state index contributed by atoms with van der Waals surface area (Å²) in [5.74, 6) is 0. The number of hydrogen-bond donors (Lipinski definition) is 1. The van der Waals surface area contributed by atoms with Crippen LogP contribution in [0.3, 0.4) is 0 Å². The molecule has 1 aliphatic rings. The van der Waals surface area contributed by atoms with Gasteiger partial charge in [-0.2, -0.15) is 0 Å². The van der Waals surface area contributed by atoms with Crippen LogP contribution in [0.5, 0.6) is 0 Å². The molecule has 0 radical (unpaired) electrons. The van der Waals surface area contributed by atoms with E-state index in [0.29, 0.717) is 19.8 Å². The number of ether oxygens (including phenoxy) is 2. The first-order valence-corrected chi connectivity index (χ1v) is 7.95. The number of amides is 2. The normalized spacial score (nSPS) is 15.0. The highest BCUT2D eigenvalue weighted by Gasteiger charge is 2.20. The molecule has 1 saturated heterocycles. The Morgan fingerprint density at radius 3 is 2.73 bits per heavy atom. The van der Waals surface area contributed by atoms with E-state index in [9.17, 15) is 4.79 Å². The maximum absolute atomic E-state index is 12.2. The van der Waals surface area contributed by atoms with Crippen LogP contribution >= 0.6 is 0 Å². The molecule has 0 unspecified atom stereocenters. The van der Waals surface area contributed by atoms with Gasteiger partial charge in [0, 0.05) is 12.7 Å². The first-order valence-electron chi connectivity index (χ1n) is 7.95. The van der Waals surface area contributed by atoms with Gasteiger partial charge in [-0.3, -0.25) is 0 Å². The molecule has 0 aromatic heterocycles. The van der Waals surface area contributed by atoms with Crippen molar-refractivity contribution < 1.29 is 14.3 Å². The van der Waals surface area contributed by atoms with E-state index in [-0.39, 0.29) is 12.3 Å². The molecule has 0 atom stereocenters. The van der Waals surface area contributed by atoms with Gasteiger partial charge >= 0.3 is 6.03 Å². The van der Waals surface area contributed by atoms with Crippen molar-refractivity contribution in [2.75, 3.05) is 32.1 Å². The lowest BCUT2D eigenvalue weighted by molar-refractivity contribution is -0.0518. The second kappa shape index (κ2) is 8.15. The number of anilines is 1. The summed E-state index contributed by atoms with van der Waals surface area (Å²) in [6, 6.07) is 6.06. The molecule has 2 amide bonds. The van der Waals surface area contributed by atoms with Crippen molar-refractivity contribution in [3.63, 3.8) is 0 Å². The Hall–Kier alpha value is -1.59. The minimum atomic E-state index is -0.312. The SMILES string of the molecule is CCCCc1ccc(NC(=O)N(C)CC2OCCO2)c(C)c1. The van der Waals surface area contributed by atoms with E-state index < -0.39 is 0 Å². The van der Waals surface area contributed by atoms with E-state index in [1.165, 1.54) is 18.4 Å². The second-order valence-electron chi connectivity index (χ2n) is 5.73. The zero-order chi connectivity index (χ0) is 15.9. The van der Waals surface area contributed by atoms with E-state index in [1.807, 2.05) is 13.0 Å². The van der Waals surface area contributed by atoms with Gasteiger partial charge in [-0.25, -0.2) is 4.79 Å². The molecular weight excluding hydrogens is 280 g/mol. The Kier molecular flexibility index (Phi) is 6.21. The van der Waals surface area contributed by atoms with Gasteiger partial charge in [0.25, 0.3) is 0 Å². The predicted molar refractivity (Wildman–Crippen MR) is 87.1 cm³/mol. The average Bonchev–Trinajstić information content (AvgIpc) is 3.00. The predicted octanol–water partition coefficient (Wildman–Crippen LogP) is 3.17. The van der Waals surface area contributed by atoms with Gasteiger partial charge in [0.2, 0.25) is 0 Å². The number of rotatable bonds is 6. The third-order valence-electron chi connectivity index (χ3n) is 3.81. The van der Waals surface area contributed by atoms with Crippen LogP contribution in [0.15, 0.2) is 18.2 Å². The van der Waals surface area contributed by atoms with Gasteiger partial charge in [-0.1, -0.05) is 25.5 Å². The topological polar surface area (TPSA) is 50.8 Å². The van der Waals surface area contributed by atoms with Gasteiger partial charge < -0.3 is 19.7 Å². The summed E-state index contributed by atoms with van der Waals surface area (Å²) >= 11 is 0. The average molecular weight is 306 g/mol. The number of benzene rings is 1. The largest absolute Gasteiger partial charge is 0.348 e. The van der Waals surface area contributed by atoms with Gasteiger partial charge in [0.1, 0.15) is 0 Å². The summed E-state index contributed by atoms with van der Waals surface area (Å²) in [5, 5.41) is 2.94. The summed E-state index contributed by atoms with van der Waals surface area (Å²) in [4.78, 5) is 13.8. The van der Waals surface area contributed by atoms with Crippen molar-refractivity contribution >= 4 is 11.7 Å². The molecule has 5 nitrogen and oxygen atoms in total. The Bertz CT molecular complexity index is 499. The van der Waals surface area contributed by atoms with Gasteiger partial charge in [0.15, 0.2) is 6.29 Å². The Balaban J connectivity index is 1.89. The van der Waals surface area contributed by atoms with Crippen LogP contribution in [-0.2, 0) is 15.9 Å². The molecule has 0 spiro atoms. The third-order valence-corrected chi connectivity index (χ3v) is 3.81. The van der Waals surface area contributed by atoms with E-state index >= 15 is 0 Å². The highest BCUT2D eigenvalue weighted by atomic mass is 16.7. The van der Waals surface area contributed by atoms with Crippen molar-refractivity contribution in [2.24, 2.45) is 0 Å². The molecule has 0 saturated carbocycles. The molecule has 1 N–H and O–H groups in total. The second-order valence-corrected chi connectivity index (χ2v) is 5.73. The van der Waals surface area contributed by atoms with Crippen molar-refractivity contribution in [2.45, 2.75) is 39.4 Å². The first kappa shape index (κ1) is 16.8. The monoisotopic (exact) mass is 306 g/mol. The van der Waals surface area contributed by atoms with Crippen molar-refractivity contribution in [3.05, 3.63) is 29.3 Å². The number of carbonyl (C=O) groups excluding carboxylic acids is 1. The van der Waals surface area contributed by atoms with E-state index in [0.717, 1.165) is 17.7 Å². The maximum Gasteiger partial charge on any atom is 0.321 e. The lowest BCUT2D eigenvalue weighted by Gasteiger charge is -2.21. The minimum absolute atomic E-state index is 0.150. The Labute approximate surface area is 132 Å². The molecule has 1 aromatic carbocycles. The number of likely N-dealkylation sites (N-methyl/N-ethyl adjacent to an activating group) is 1. The fraction of sp³-hybridized carbons (Fsp3) is 0.588. The molecule has 0 bridgehead atoms. The quantitative estimate of drug-likeness (QED) is 0.878. The number of unbranched alkanes of at least 4 members (excludes halogenated alkanes) is 1. The van der Waals surface area contributed by atoms with Crippen LogP contribution in [-0.4, -0.2) is 44.0 Å². The number of carbonyl (C=O) groups is 1. The number of nitrogens with zero attached hydrogens (tertiary/aromatic N) is 1. The molecule has 22 heavy (non-hydrogen) atoms. The van der Waals surface area contributed by atoms with E-state index in [2.05, 4.69) is 24.4 Å². The lowest BCUT2D eigenvalue weighted by atomic mass is 10.0. The first-order chi connectivity index (χ1) is 10.6. The van der Waals surface area contributed by atoms with Crippen molar-refractivity contribution in [3.8, 4) is 0 Å². The van der Waals surface area contributed by atoms with E-state index in [1.54, 1.807) is 11.9 Å². The summed E-state index contributed by atoms with van der Waals surface area (Å²) in [6.07, 6.45) is 3.15. The third kappa shape index (κ3) is 4.71. The lowest BCUT2D eigenvalue weighted by Crippen LogP contribution is -2.37. The fourth-order valence-corrected chi connectivity index (χ4v) is 2.43. The summed E-state index contributed by atoms with van der Waals surface area (Å²) in [6.45, 7) is 5.83. The molecule has 0 aliphatic carbocycles. The van der Waals surface area contributed by atoms with Crippen LogP contribution in [0.1, 0.15) is 30.9 Å². The van der Waals surface area contributed by atoms with Gasteiger partial charge in [-0.05, 0) is 37.0 Å². The van der Waals surface area contributed by atoms with Gasteiger partial charge in [0.05, 0.1) is 19.8 Å². The molecule has 2 rings (SSSR count).